The number of carboxylic acids is 1. The highest BCUT2D eigenvalue weighted by Gasteiger charge is 2.21. The highest BCUT2D eigenvalue weighted by Crippen LogP contribution is 2.21. The molecule has 0 bridgehead atoms. The second-order valence-electron chi connectivity index (χ2n) is 4.26. The number of carboxylic acid groups (broad SMARTS) is 1. The Morgan fingerprint density at radius 3 is 2.24 bits per heavy atom. The van der Waals surface area contributed by atoms with Gasteiger partial charge in [0.15, 0.2) is 6.04 Å². The quantitative estimate of drug-likeness (QED) is 0.792. The standard InChI is InChI=1S/C15H13BrN2O3/c16-11-8-4-5-9-12(11)17-15(21)18-13(14(19)20)10-6-2-1-3-7-10/h1-9,13H,(H,19,20)(H2,17,18,21). The Morgan fingerprint density at radius 2 is 1.62 bits per heavy atom. The van der Waals surface area contributed by atoms with Gasteiger partial charge < -0.3 is 15.7 Å². The maximum Gasteiger partial charge on any atom is 0.330 e. The molecule has 0 spiro atoms. The fraction of sp³-hybridized carbons (Fsp3) is 0.0667. The first kappa shape index (κ1) is 15.1. The van der Waals surface area contributed by atoms with Gasteiger partial charge in [-0.15, -0.1) is 0 Å². The Morgan fingerprint density at radius 1 is 1.00 bits per heavy atom. The predicted octanol–water partition coefficient (Wildman–Crippen LogP) is 3.40. The van der Waals surface area contributed by atoms with Crippen molar-refractivity contribution in [3.63, 3.8) is 0 Å². The fourth-order valence-corrected chi connectivity index (χ4v) is 2.17. The minimum Gasteiger partial charge on any atom is -0.479 e. The van der Waals surface area contributed by atoms with Crippen LogP contribution >= 0.6 is 15.9 Å². The Balaban J connectivity index is 2.10. The average molecular weight is 349 g/mol. The van der Waals surface area contributed by atoms with Gasteiger partial charge in [0.2, 0.25) is 0 Å². The van der Waals surface area contributed by atoms with Crippen molar-refractivity contribution in [2.45, 2.75) is 6.04 Å². The molecule has 0 heterocycles. The van der Waals surface area contributed by atoms with E-state index in [0.717, 1.165) is 0 Å². The van der Waals surface area contributed by atoms with Crippen LogP contribution in [0.4, 0.5) is 10.5 Å². The molecule has 21 heavy (non-hydrogen) atoms. The summed E-state index contributed by atoms with van der Waals surface area (Å²) in [5.41, 5.74) is 1.07. The van der Waals surface area contributed by atoms with E-state index in [9.17, 15) is 14.7 Å². The van der Waals surface area contributed by atoms with Crippen LogP contribution in [0.25, 0.3) is 0 Å². The molecule has 0 radical (unpaired) electrons. The summed E-state index contributed by atoms with van der Waals surface area (Å²) in [6.45, 7) is 0. The zero-order valence-electron chi connectivity index (χ0n) is 10.9. The Bertz CT molecular complexity index is 646. The van der Waals surface area contributed by atoms with Crippen molar-refractivity contribution in [1.29, 1.82) is 0 Å². The number of hydrogen-bond donors (Lipinski definition) is 3. The number of nitrogens with one attached hydrogen (secondary N) is 2. The van der Waals surface area contributed by atoms with Gasteiger partial charge >= 0.3 is 12.0 Å². The zero-order valence-corrected chi connectivity index (χ0v) is 12.5. The number of halogens is 1. The molecule has 0 aliphatic carbocycles. The third-order valence-electron chi connectivity index (χ3n) is 2.78. The van der Waals surface area contributed by atoms with Gasteiger partial charge in [0.1, 0.15) is 0 Å². The molecule has 3 N–H and O–H groups in total. The van der Waals surface area contributed by atoms with Crippen LogP contribution < -0.4 is 10.6 Å². The lowest BCUT2D eigenvalue weighted by atomic mass is 10.1. The molecule has 0 fully saturated rings. The van der Waals surface area contributed by atoms with Crippen molar-refractivity contribution in [2.75, 3.05) is 5.32 Å². The minimum absolute atomic E-state index is 0.507. The second-order valence-corrected chi connectivity index (χ2v) is 5.11. The number of carbonyl (C=O) groups excluding carboxylic acids is 1. The van der Waals surface area contributed by atoms with Crippen molar-refractivity contribution in [3.05, 3.63) is 64.6 Å². The van der Waals surface area contributed by atoms with Crippen LogP contribution in [0.3, 0.4) is 0 Å². The summed E-state index contributed by atoms with van der Waals surface area (Å²) < 4.78 is 0.715. The predicted molar refractivity (Wildman–Crippen MR) is 83.1 cm³/mol. The van der Waals surface area contributed by atoms with Crippen LogP contribution in [0.15, 0.2) is 59.1 Å². The minimum atomic E-state index is -1.12. The topological polar surface area (TPSA) is 78.4 Å². The summed E-state index contributed by atoms with van der Waals surface area (Å²) in [6, 6.07) is 13.9. The first-order valence-corrected chi connectivity index (χ1v) is 6.97. The van der Waals surface area contributed by atoms with E-state index in [0.29, 0.717) is 15.7 Å². The molecule has 5 nitrogen and oxygen atoms in total. The van der Waals surface area contributed by atoms with Crippen LogP contribution in [0.5, 0.6) is 0 Å². The molecule has 2 aromatic carbocycles. The number of hydrogen-bond acceptors (Lipinski definition) is 2. The maximum absolute atomic E-state index is 11.9. The first-order valence-electron chi connectivity index (χ1n) is 6.17. The number of aliphatic carboxylic acids is 1. The normalized spacial score (nSPS) is 11.5. The number of anilines is 1. The molecular formula is C15H13BrN2O3. The molecule has 0 saturated carbocycles. The van der Waals surface area contributed by atoms with E-state index in [1.807, 2.05) is 6.07 Å². The summed E-state index contributed by atoms with van der Waals surface area (Å²) in [7, 11) is 0. The van der Waals surface area contributed by atoms with Gasteiger partial charge in [-0.1, -0.05) is 42.5 Å². The smallest absolute Gasteiger partial charge is 0.330 e. The molecule has 0 aromatic heterocycles. The lowest BCUT2D eigenvalue weighted by Gasteiger charge is -2.16. The molecule has 108 valence electrons. The van der Waals surface area contributed by atoms with Gasteiger partial charge in [0, 0.05) is 4.47 Å². The molecular weight excluding hydrogens is 336 g/mol. The van der Waals surface area contributed by atoms with Gasteiger partial charge in [0.25, 0.3) is 0 Å². The summed E-state index contributed by atoms with van der Waals surface area (Å²) in [6.07, 6.45) is 0. The summed E-state index contributed by atoms with van der Waals surface area (Å²) in [4.78, 5) is 23.2. The lowest BCUT2D eigenvalue weighted by Crippen LogP contribution is -2.36. The first-order chi connectivity index (χ1) is 10.1. The molecule has 6 heteroatoms. The van der Waals surface area contributed by atoms with Crippen LogP contribution in [0, 0.1) is 0 Å². The van der Waals surface area contributed by atoms with Crippen LogP contribution in [0.1, 0.15) is 11.6 Å². The van der Waals surface area contributed by atoms with E-state index in [4.69, 9.17) is 0 Å². The number of amides is 2. The molecule has 2 rings (SSSR count). The van der Waals surface area contributed by atoms with E-state index < -0.39 is 18.0 Å². The zero-order chi connectivity index (χ0) is 15.2. The Kier molecular flexibility index (Phi) is 4.94. The molecule has 0 aliphatic heterocycles. The second kappa shape index (κ2) is 6.90. The van der Waals surface area contributed by atoms with E-state index >= 15 is 0 Å². The molecule has 2 aromatic rings. The van der Waals surface area contributed by atoms with Crippen molar-refractivity contribution in [3.8, 4) is 0 Å². The van der Waals surface area contributed by atoms with E-state index in [-0.39, 0.29) is 0 Å². The fourth-order valence-electron chi connectivity index (χ4n) is 1.79. The SMILES string of the molecule is O=C(Nc1ccccc1Br)NC(C(=O)O)c1ccccc1. The average Bonchev–Trinajstić information content (AvgIpc) is 2.48. The molecule has 1 atom stereocenters. The number of carbonyl (C=O) groups is 2. The molecule has 1 unspecified atom stereocenters. The lowest BCUT2D eigenvalue weighted by molar-refractivity contribution is -0.139. The van der Waals surface area contributed by atoms with Gasteiger partial charge in [-0.2, -0.15) is 0 Å². The summed E-state index contributed by atoms with van der Waals surface area (Å²) in [5, 5.41) is 14.3. The maximum atomic E-state index is 11.9. The van der Waals surface area contributed by atoms with Gasteiger partial charge in [0.05, 0.1) is 5.69 Å². The van der Waals surface area contributed by atoms with Crippen LogP contribution in [-0.4, -0.2) is 17.1 Å². The molecule has 0 saturated heterocycles. The number of para-hydroxylation sites is 1. The largest absolute Gasteiger partial charge is 0.479 e. The van der Waals surface area contributed by atoms with E-state index in [1.54, 1.807) is 48.5 Å². The molecule has 0 aliphatic rings. The van der Waals surface area contributed by atoms with Crippen molar-refractivity contribution in [1.82, 2.24) is 5.32 Å². The summed E-state index contributed by atoms with van der Waals surface area (Å²) >= 11 is 3.31. The van der Waals surface area contributed by atoms with Crippen molar-refractivity contribution < 1.29 is 14.7 Å². The monoisotopic (exact) mass is 348 g/mol. The third kappa shape index (κ3) is 4.06. The number of benzene rings is 2. The highest BCUT2D eigenvalue weighted by atomic mass is 79.9. The highest BCUT2D eigenvalue weighted by molar-refractivity contribution is 9.10. The summed E-state index contributed by atoms with van der Waals surface area (Å²) in [5.74, 6) is -1.12. The van der Waals surface area contributed by atoms with Crippen LogP contribution in [-0.2, 0) is 4.79 Å². The van der Waals surface area contributed by atoms with Crippen molar-refractivity contribution >= 4 is 33.6 Å². The van der Waals surface area contributed by atoms with E-state index in [2.05, 4.69) is 26.6 Å². The van der Waals surface area contributed by atoms with Gasteiger partial charge in [-0.05, 0) is 33.6 Å². The van der Waals surface area contributed by atoms with Crippen LogP contribution in [0.2, 0.25) is 0 Å². The van der Waals surface area contributed by atoms with E-state index in [1.165, 1.54) is 0 Å². The van der Waals surface area contributed by atoms with Crippen molar-refractivity contribution in [2.24, 2.45) is 0 Å². The Labute approximate surface area is 130 Å². The number of rotatable bonds is 4. The van der Waals surface area contributed by atoms with Gasteiger partial charge in [-0.3, -0.25) is 0 Å². The molecule has 2 amide bonds. The van der Waals surface area contributed by atoms with Gasteiger partial charge in [-0.25, -0.2) is 9.59 Å². The number of urea groups is 1. The Hall–Kier alpha value is -2.34. The third-order valence-corrected chi connectivity index (χ3v) is 3.47.